The number of alkyl halides is 2. The number of imide groups is 1. The minimum Gasteiger partial charge on any atom is -0.434 e. The fourth-order valence-electron chi connectivity index (χ4n) is 3.43. The molecule has 2 aliphatic rings. The molecule has 2 N–H and O–H groups in total. The van der Waals surface area contributed by atoms with Gasteiger partial charge in [0, 0.05) is 10.9 Å². The van der Waals surface area contributed by atoms with E-state index in [0.29, 0.717) is 11.3 Å². The first-order valence-corrected chi connectivity index (χ1v) is 10.1. The molecule has 11 heteroatoms. The number of hydrogen-bond acceptors (Lipinski definition) is 6. The van der Waals surface area contributed by atoms with Gasteiger partial charge in [0.1, 0.15) is 17.8 Å². The molecule has 1 aromatic carbocycles. The number of thiazole rings is 1. The predicted molar refractivity (Wildman–Crippen MR) is 104 cm³/mol. The van der Waals surface area contributed by atoms with Crippen molar-refractivity contribution in [3.63, 3.8) is 0 Å². The molecule has 1 saturated heterocycles. The summed E-state index contributed by atoms with van der Waals surface area (Å²) in [5, 5.41) is 7.01. The lowest BCUT2D eigenvalue weighted by atomic mass is 9.96. The van der Waals surface area contributed by atoms with Gasteiger partial charge in [0.05, 0.1) is 5.69 Å². The number of nitrogens with zero attached hydrogens (tertiary/aromatic N) is 2. The molecular formula is C19H18F2N4O4S. The van der Waals surface area contributed by atoms with Gasteiger partial charge in [0.2, 0.25) is 5.91 Å². The van der Waals surface area contributed by atoms with Crippen LogP contribution in [0.15, 0.2) is 29.6 Å². The lowest BCUT2D eigenvalue weighted by Gasteiger charge is -2.20. The highest BCUT2D eigenvalue weighted by Crippen LogP contribution is 2.42. The Kier molecular flexibility index (Phi) is 5.14. The van der Waals surface area contributed by atoms with Gasteiger partial charge in [-0.2, -0.15) is 8.78 Å². The number of anilines is 1. The standard InChI is InChI=1S/C19H18F2N4O4S/c1-19(10-6-7-10)15(27)25(18(28)24-19)8-14(26)23-17-22-12(9-30-17)11-4-2-3-5-13(11)29-16(20)21/h2-5,9-10,16H,6-8H2,1H3,(H,24,28)(H,22,23,26). The van der Waals surface area contributed by atoms with Crippen molar-refractivity contribution in [3.8, 4) is 17.0 Å². The zero-order valence-corrected chi connectivity index (χ0v) is 16.7. The minimum atomic E-state index is -2.98. The Bertz CT molecular complexity index is 1010. The Labute approximate surface area is 174 Å². The van der Waals surface area contributed by atoms with Gasteiger partial charge in [-0.1, -0.05) is 12.1 Å². The van der Waals surface area contributed by atoms with E-state index >= 15 is 0 Å². The van der Waals surface area contributed by atoms with E-state index in [1.807, 2.05) is 0 Å². The first-order chi connectivity index (χ1) is 14.3. The van der Waals surface area contributed by atoms with Crippen molar-refractivity contribution in [2.45, 2.75) is 31.9 Å². The van der Waals surface area contributed by atoms with Crippen molar-refractivity contribution in [1.29, 1.82) is 0 Å². The Balaban J connectivity index is 1.43. The Morgan fingerprint density at radius 1 is 1.40 bits per heavy atom. The minimum absolute atomic E-state index is 0.0330. The van der Waals surface area contributed by atoms with Crippen molar-refractivity contribution < 1.29 is 27.9 Å². The van der Waals surface area contributed by atoms with Gasteiger partial charge in [0.15, 0.2) is 5.13 Å². The van der Waals surface area contributed by atoms with Crippen LogP contribution in [0.2, 0.25) is 0 Å². The second kappa shape index (κ2) is 7.63. The van der Waals surface area contributed by atoms with E-state index in [-0.39, 0.29) is 16.8 Å². The molecule has 8 nitrogen and oxygen atoms in total. The first kappa shape index (κ1) is 20.2. The van der Waals surface area contributed by atoms with Crippen LogP contribution in [0, 0.1) is 5.92 Å². The van der Waals surface area contributed by atoms with Crippen molar-refractivity contribution >= 4 is 34.3 Å². The average molecular weight is 436 g/mol. The zero-order chi connectivity index (χ0) is 21.5. The van der Waals surface area contributed by atoms with Crippen LogP contribution in [0.25, 0.3) is 11.3 Å². The van der Waals surface area contributed by atoms with Crippen LogP contribution in [0.4, 0.5) is 18.7 Å². The molecule has 2 aromatic rings. The Hall–Kier alpha value is -3.08. The van der Waals surface area contributed by atoms with E-state index in [9.17, 15) is 23.2 Å². The van der Waals surface area contributed by atoms with Gasteiger partial charge >= 0.3 is 12.6 Å². The number of halogens is 2. The summed E-state index contributed by atoms with van der Waals surface area (Å²) in [7, 11) is 0. The van der Waals surface area contributed by atoms with E-state index in [1.54, 1.807) is 30.5 Å². The highest BCUT2D eigenvalue weighted by Gasteiger charge is 2.56. The molecule has 1 aliphatic carbocycles. The number of urea groups is 1. The van der Waals surface area contributed by atoms with Crippen molar-refractivity contribution in [2.75, 3.05) is 11.9 Å². The number of benzene rings is 1. The molecule has 1 aromatic heterocycles. The normalized spacial score (nSPS) is 21.1. The third kappa shape index (κ3) is 3.84. The van der Waals surface area contributed by atoms with Crippen LogP contribution in [-0.2, 0) is 9.59 Å². The number of amides is 4. The largest absolute Gasteiger partial charge is 0.434 e. The van der Waals surface area contributed by atoms with Crippen molar-refractivity contribution in [1.82, 2.24) is 15.2 Å². The molecule has 30 heavy (non-hydrogen) atoms. The summed E-state index contributed by atoms with van der Waals surface area (Å²) < 4.78 is 29.7. The fraction of sp³-hybridized carbons (Fsp3) is 0.368. The molecule has 4 amide bonds. The molecule has 1 aliphatic heterocycles. The molecule has 0 spiro atoms. The van der Waals surface area contributed by atoms with Gasteiger partial charge in [-0.15, -0.1) is 11.3 Å². The third-order valence-electron chi connectivity index (χ3n) is 5.13. The van der Waals surface area contributed by atoms with E-state index < -0.39 is 36.5 Å². The predicted octanol–water partition coefficient (Wildman–Crippen LogP) is 3.07. The molecular weight excluding hydrogens is 418 g/mol. The summed E-state index contributed by atoms with van der Waals surface area (Å²) in [4.78, 5) is 42.3. The maximum atomic E-state index is 12.6. The van der Waals surface area contributed by atoms with Gasteiger partial charge < -0.3 is 15.4 Å². The summed E-state index contributed by atoms with van der Waals surface area (Å²) in [6, 6.07) is 5.59. The summed E-state index contributed by atoms with van der Waals surface area (Å²) in [6.07, 6.45) is 1.72. The SMILES string of the molecule is CC1(C2CC2)NC(=O)N(CC(=O)Nc2nc(-c3ccccc3OC(F)F)cs2)C1=O. The number of rotatable bonds is 7. The molecule has 158 valence electrons. The van der Waals surface area contributed by atoms with E-state index in [1.165, 1.54) is 6.07 Å². The second-order valence-electron chi connectivity index (χ2n) is 7.26. The van der Waals surface area contributed by atoms with Crippen LogP contribution in [0.5, 0.6) is 5.75 Å². The van der Waals surface area contributed by atoms with Crippen LogP contribution in [0.1, 0.15) is 19.8 Å². The van der Waals surface area contributed by atoms with E-state index in [4.69, 9.17) is 0 Å². The maximum absolute atomic E-state index is 12.6. The number of para-hydroxylation sites is 1. The summed E-state index contributed by atoms with van der Waals surface area (Å²) in [5.41, 5.74) is -0.258. The van der Waals surface area contributed by atoms with E-state index in [0.717, 1.165) is 29.1 Å². The molecule has 4 rings (SSSR count). The van der Waals surface area contributed by atoms with E-state index in [2.05, 4.69) is 20.4 Å². The molecule has 0 radical (unpaired) electrons. The lowest BCUT2D eigenvalue weighted by molar-refractivity contribution is -0.134. The van der Waals surface area contributed by atoms with Gasteiger partial charge in [-0.3, -0.25) is 14.5 Å². The quantitative estimate of drug-likeness (QED) is 0.650. The topological polar surface area (TPSA) is 101 Å². The molecule has 0 bridgehead atoms. The summed E-state index contributed by atoms with van der Waals surface area (Å²) in [5.74, 6) is -0.937. The van der Waals surface area contributed by atoms with Crippen molar-refractivity contribution in [2.24, 2.45) is 5.92 Å². The smallest absolute Gasteiger partial charge is 0.387 e. The van der Waals surface area contributed by atoms with Crippen LogP contribution < -0.4 is 15.4 Å². The lowest BCUT2D eigenvalue weighted by Crippen LogP contribution is -2.46. The maximum Gasteiger partial charge on any atom is 0.387 e. The second-order valence-corrected chi connectivity index (χ2v) is 8.12. The van der Waals surface area contributed by atoms with Crippen LogP contribution in [-0.4, -0.2) is 46.4 Å². The molecule has 1 unspecified atom stereocenters. The van der Waals surface area contributed by atoms with Gasteiger partial charge in [-0.05, 0) is 37.8 Å². The number of nitrogens with one attached hydrogen (secondary N) is 2. The number of carbonyl (C=O) groups is 3. The summed E-state index contributed by atoms with van der Waals surface area (Å²) >= 11 is 1.08. The fourth-order valence-corrected chi connectivity index (χ4v) is 4.16. The van der Waals surface area contributed by atoms with Crippen LogP contribution >= 0.6 is 11.3 Å². The van der Waals surface area contributed by atoms with Gasteiger partial charge in [0.25, 0.3) is 5.91 Å². The average Bonchev–Trinajstić information content (AvgIpc) is 3.41. The third-order valence-corrected chi connectivity index (χ3v) is 5.88. The molecule has 2 heterocycles. The monoisotopic (exact) mass is 436 g/mol. The summed E-state index contributed by atoms with van der Waals surface area (Å²) in [6.45, 7) is -1.74. The molecule has 1 saturated carbocycles. The number of carbonyl (C=O) groups excluding carboxylic acids is 3. The van der Waals surface area contributed by atoms with Gasteiger partial charge in [-0.25, -0.2) is 9.78 Å². The highest BCUT2D eigenvalue weighted by molar-refractivity contribution is 7.14. The number of aromatic nitrogens is 1. The Morgan fingerprint density at radius 2 is 2.13 bits per heavy atom. The number of hydrogen-bond donors (Lipinski definition) is 2. The number of ether oxygens (including phenoxy) is 1. The van der Waals surface area contributed by atoms with Crippen LogP contribution in [0.3, 0.4) is 0 Å². The molecule has 2 fully saturated rings. The first-order valence-electron chi connectivity index (χ1n) is 9.21. The Morgan fingerprint density at radius 3 is 2.83 bits per heavy atom. The molecule has 1 atom stereocenters. The van der Waals surface area contributed by atoms with Crippen molar-refractivity contribution in [3.05, 3.63) is 29.6 Å². The zero-order valence-electron chi connectivity index (χ0n) is 15.9. The highest BCUT2D eigenvalue weighted by atomic mass is 32.1.